The van der Waals surface area contributed by atoms with Crippen LogP contribution in [0, 0.1) is 0 Å². The molecule has 4 rings (SSSR count). The highest BCUT2D eigenvalue weighted by atomic mass is 16.5. The van der Waals surface area contributed by atoms with Crippen LogP contribution in [0.5, 0.6) is 23.1 Å². The second-order valence-electron chi connectivity index (χ2n) is 5.85. The van der Waals surface area contributed by atoms with E-state index in [-0.39, 0.29) is 5.56 Å². The average molecular weight is 350 g/mol. The van der Waals surface area contributed by atoms with Crippen molar-refractivity contribution in [1.82, 2.24) is 9.97 Å². The van der Waals surface area contributed by atoms with Crippen molar-refractivity contribution in [1.29, 1.82) is 0 Å². The summed E-state index contributed by atoms with van der Waals surface area (Å²) in [5, 5.41) is 0. The Hall–Kier alpha value is -3.28. The summed E-state index contributed by atoms with van der Waals surface area (Å²) in [6, 6.07) is 13.1. The normalized spacial score (nSPS) is 11.9. The van der Waals surface area contributed by atoms with E-state index in [1.165, 1.54) is 0 Å². The number of rotatable bonds is 4. The Bertz CT molecular complexity index is 1030. The fourth-order valence-electron chi connectivity index (χ4n) is 3.05. The number of hydrogen-bond acceptors (Lipinski definition) is 5. The molecule has 0 saturated carbocycles. The summed E-state index contributed by atoms with van der Waals surface area (Å²) in [5.74, 6) is 2.59. The van der Waals surface area contributed by atoms with E-state index in [2.05, 4.69) is 9.97 Å². The topological polar surface area (TPSA) is 73.4 Å². The van der Waals surface area contributed by atoms with Crippen LogP contribution in [0.1, 0.15) is 18.1 Å². The molecule has 0 atom stereocenters. The molecule has 0 fully saturated rings. The lowest BCUT2D eigenvalue weighted by atomic mass is 10.0. The highest BCUT2D eigenvalue weighted by Crippen LogP contribution is 2.41. The Morgan fingerprint density at radius 2 is 1.96 bits per heavy atom. The lowest BCUT2D eigenvalue weighted by Crippen LogP contribution is -2.20. The van der Waals surface area contributed by atoms with Gasteiger partial charge in [-0.25, -0.2) is 0 Å². The molecule has 0 amide bonds. The Morgan fingerprint density at radius 3 is 2.77 bits per heavy atom. The minimum Gasteiger partial charge on any atom is -0.493 e. The highest BCUT2D eigenvalue weighted by molar-refractivity contribution is 5.65. The number of ether oxygens (including phenoxy) is 3. The van der Waals surface area contributed by atoms with Gasteiger partial charge in [-0.3, -0.25) is 4.79 Å². The van der Waals surface area contributed by atoms with Gasteiger partial charge in [0.05, 0.1) is 24.8 Å². The van der Waals surface area contributed by atoms with Crippen LogP contribution in [0.25, 0.3) is 11.4 Å². The molecule has 3 aromatic rings. The van der Waals surface area contributed by atoms with E-state index in [1.54, 1.807) is 7.11 Å². The molecule has 1 aromatic heterocycles. The minimum absolute atomic E-state index is 0.218. The molecule has 6 heteroatoms. The van der Waals surface area contributed by atoms with Gasteiger partial charge in [-0.15, -0.1) is 0 Å². The number of benzene rings is 2. The zero-order valence-corrected chi connectivity index (χ0v) is 14.5. The molecule has 0 aliphatic carbocycles. The first-order valence-corrected chi connectivity index (χ1v) is 8.40. The monoisotopic (exact) mass is 350 g/mol. The van der Waals surface area contributed by atoms with Crippen molar-refractivity contribution in [3.8, 4) is 34.5 Å². The summed E-state index contributed by atoms with van der Waals surface area (Å²) in [6.07, 6.45) is 0.442. The number of fused-ring (bicyclic) bond motifs is 2. The summed E-state index contributed by atoms with van der Waals surface area (Å²) in [5.41, 5.74) is 1.89. The van der Waals surface area contributed by atoms with Gasteiger partial charge < -0.3 is 19.2 Å². The molecule has 1 aliphatic rings. The summed E-state index contributed by atoms with van der Waals surface area (Å²) in [7, 11) is 1.59. The lowest BCUT2D eigenvalue weighted by molar-refractivity contribution is 0.341. The molecule has 1 aliphatic heterocycles. The molecular formula is C20H18N2O4. The molecule has 0 saturated heterocycles. The molecule has 0 spiro atoms. The van der Waals surface area contributed by atoms with Crippen molar-refractivity contribution >= 4 is 0 Å². The molecule has 0 radical (unpaired) electrons. The van der Waals surface area contributed by atoms with Crippen LogP contribution in [-0.2, 0) is 6.42 Å². The largest absolute Gasteiger partial charge is 0.493 e. The first kappa shape index (κ1) is 16.2. The molecule has 26 heavy (non-hydrogen) atoms. The van der Waals surface area contributed by atoms with Crippen molar-refractivity contribution in [3.63, 3.8) is 0 Å². The Balaban J connectivity index is 1.82. The predicted octanol–water partition coefficient (Wildman–Crippen LogP) is 3.54. The van der Waals surface area contributed by atoms with Crippen LogP contribution >= 0.6 is 0 Å². The number of para-hydroxylation sites is 2. The van der Waals surface area contributed by atoms with Crippen LogP contribution in [-0.4, -0.2) is 23.7 Å². The summed E-state index contributed by atoms with van der Waals surface area (Å²) in [6.45, 7) is 2.43. The molecule has 0 bridgehead atoms. The third-order valence-corrected chi connectivity index (χ3v) is 4.27. The highest BCUT2D eigenvalue weighted by Gasteiger charge is 2.25. The van der Waals surface area contributed by atoms with Crippen molar-refractivity contribution in [2.75, 3.05) is 13.7 Å². The van der Waals surface area contributed by atoms with Crippen molar-refractivity contribution in [3.05, 3.63) is 63.9 Å². The van der Waals surface area contributed by atoms with E-state index in [1.807, 2.05) is 49.4 Å². The van der Waals surface area contributed by atoms with E-state index >= 15 is 0 Å². The fraction of sp³-hybridized carbons (Fsp3) is 0.200. The Labute approximate surface area is 150 Å². The molecule has 1 N–H and O–H groups in total. The lowest BCUT2D eigenvalue weighted by Gasteiger charge is -2.21. The van der Waals surface area contributed by atoms with Crippen molar-refractivity contribution < 1.29 is 14.2 Å². The first-order chi connectivity index (χ1) is 12.7. The van der Waals surface area contributed by atoms with Crippen molar-refractivity contribution in [2.24, 2.45) is 0 Å². The third-order valence-electron chi connectivity index (χ3n) is 4.27. The van der Waals surface area contributed by atoms with E-state index in [9.17, 15) is 4.79 Å². The van der Waals surface area contributed by atoms with Crippen LogP contribution in [0.4, 0.5) is 0 Å². The molecule has 2 aromatic carbocycles. The van der Waals surface area contributed by atoms with Crippen LogP contribution in [0.3, 0.4) is 0 Å². The van der Waals surface area contributed by atoms with E-state index < -0.39 is 0 Å². The number of aromatic amines is 1. The number of methoxy groups -OCH3 is 1. The molecule has 0 unspecified atom stereocenters. The number of aromatic nitrogens is 2. The number of nitrogens with one attached hydrogen (secondary N) is 1. The molecule has 6 nitrogen and oxygen atoms in total. The van der Waals surface area contributed by atoms with Gasteiger partial charge in [0, 0.05) is 12.0 Å². The van der Waals surface area contributed by atoms with E-state index in [0.717, 1.165) is 5.56 Å². The second-order valence-corrected chi connectivity index (χ2v) is 5.85. The van der Waals surface area contributed by atoms with Gasteiger partial charge in [0.1, 0.15) is 11.6 Å². The third kappa shape index (κ3) is 2.69. The maximum absolute atomic E-state index is 12.6. The standard InChI is InChI=1S/C20H18N2O4/c1-3-25-15-9-5-4-8-13(15)18-21-19(23)14-11-12-7-6-10-16(24-2)17(12)26-20(14)22-18/h4-10H,3,11H2,1-2H3,(H,21,22,23). The molecular weight excluding hydrogens is 332 g/mol. The van der Waals surface area contributed by atoms with Crippen molar-refractivity contribution in [2.45, 2.75) is 13.3 Å². The maximum atomic E-state index is 12.6. The summed E-state index contributed by atoms with van der Waals surface area (Å²) >= 11 is 0. The summed E-state index contributed by atoms with van der Waals surface area (Å²) < 4.78 is 17.0. The predicted molar refractivity (Wildman–Crippen MR) is 97.3 cm³/mol. The smallest absolute Gasteiger partial charge is 0.258 e. The minimum atomic E-state index is -0.218. The van der Waals surface area contributed by atoms with Gasteiger partial charge in [0.2, 0.25) is 5.88 Å². The van der Waals surface area contributed by atoms with E-state index in [0.29, 0.717) is 53.1 Å². The maximum Gasteiger partial charge on any atom is 0.258 e. The number of H-pyrrole nitrogens is 1. The van der Waals surface area contributed by atoms with Crippen LogP contribution in [0.15, 0.2) is 47.3 Å². The zero-order chi connectivity index (χ0) is 18.1. The van der Waals surface area contributed by atoms with Gasteiger partial charge in [0.25, 0.3) is 5.56 Å². The molecule has 132 valence electrons. The second kappa shape index (κ2) is 6.55. The van der Waals surface area contributed by atoms with Crippen LogP contribution < -0.4 is 19.8 Å². The van der Waals surface area contributed by atoms with Crippen LogP contribution in [0.2, 0.25) is 0 Å². The van der Waals surface area contributed by atoms with Gasteiger partial charge in [-0.2, -0.15) is 4.98 Å². The van der Waals surface area contributed by atoms with Gasteiger partial charge in [-0.1, -0.05) is 24.3 Å². The SMILES string of the molecule is CCOc1ccccc1-c1nc2c(c(=O)[nH]1)Cc1cccc(OC)c1O2. The Kier molecular flexibility index (Phi) is 4.08. The number of hydrogen-bond donors (Lipinski definition) is 1. The Morgan fingerprint density at radius 1 is 1.15 bits per heavy atom. The average Bonchev–Trinajstić information content (AvgIpc) is 2.67. The summed E-state index contributed by atoms with van der Waals surface area (Å²) in [4.78, 5) is 20.0. The van der Waals surface area contributed by atoms with Gasteiger partial charge in [-0.05, 0) is 25.1 Å². The first-order valence-electron chi connectivity index (χ1n) is 8.40. The quantitative estimate of drug-likeness (QED) is 0.609. The molecule has 2 heterocycles. The zero-order valence-electron chi connectivity index (χ0n) is 14.5. The fourth-order valence-corrected chi connectivity index (χ4v) is 3.05. The van der Waals surface area contributed by atoms with E-state index in [4.69, 9.17) is 14.2 Å². The van der Waals surface area contributed by atoms with Gasteiger partial charge in [0.15, 0.2) is 11.5 Å². The van der Waals surface area contributed by atoms with Gasteiger partial charge >= 0.3 is 0 Å². The number of nitrogens with zero attached hydrogens (tertiary/aromatic N) is 1.